The van der Waals surface area contributed by atoms with Crippen LogP contribution in [0.2, 0.25) is 0 Å². The van der Waals surface area contributed by atoms with Crippen molar-refractivity contribution >= 4 is 11.8 Å². The normalized spacial score (nSPS) is 11.2. The number of hydrogen-bond acceptors (Lipinski definition) is 4. The van der Waals surface area contributed by atoms with Crippen LogP contribution in [0.3, 0.4) is 0 Å². The highest BCUT2D eigenvalue weighted by Gasteiger charge is 2.19. The first-order chi connectivity index (χ1) is 11.6. The first kappa shape index (κ1) is 17.3. The number of carbonyl (C=O) groups excluding carboxylic acids is 2. The largest absolute Gasteiger partial charge is 0.497 e. The van der Waals surface area contributed by atoms with E-state index in [1.165, 1.54) is 0 Å². The molecule has 0 spiro atoms. The zero-order valence-electron chi connectivity index (χ0n) is 13.6. The van der Waals surface area contributed by atoms with Crippen LogP contribution in [0.25, 0.3) is 0 Å². The van der Waals surface area contributed by atoms with E-state index in [-0.39, 0.29) is 0 Å². The van der Waals surface area contributed by atoms with Gasteiger partial charge in [0.2, 0.25) is 0 Å². The Morgan fingerprint density at radius 2 is 1.62 bits per heavy atom. The molecule has 0 aliphatic carbocycles. The molecule has 2 aromatic carbocycles. The van der Waals surface area contributed by atoms with Gasteiger partial charge in [0.1, 0.15) is 11.5 Å². The van der Waals surface area contributed by atoms with Crippen molar-refractivity contribution in [2.45, 2.75) is 19.4 Å². The molecule has 0 aliphatic heterocycles. The third-order valence-electron chi connectivity index (χ3n) is 3.34. The Labute approximate surface area is 140 Å². The smallest absolute Gasteiger partial charge is 0.279 e. The van der Waals surface area contributed by atoms with E-state index in [1.54, 1.807) is 43.5 Å². The molecule has 24 heavy (non-hydrogen) atoms. The number of para-hydroxylation sites is 1. The lowest BCUT2D eigenvalue weighted by molar-refractivity contribution is -0.128. The van der Waals surface area contributed by atoms with Crippen LogP contribution in [0.5, 0.6) is 11.5 Å². The Kier molecular flexibility index (Phi) is 6.19. The SMILES string of the molecule is CCC(Oc1ccccc1)C(=O)NNC(=O)c1ccc(OC)cc1. The van der Waals surface area contributed by atoms with Crippen LogP contribution in [0.15, 0.2) is 54.6 Å². The van der Waals surface area contributed by atoms with Gasteiger partial charge < -0.3 is 9.47 Å². The monoisotopic (exact) mass is 328 g/mol. The topological polar surface area (TPSA) is 76.7 Å². The summed E-state index contributed by atoms with van der Waals surface area (Å²) >= 11 is 0. The molecule has 0 radical (unpaired) electrons. The third kappa shape index (κ3) is 4.74. The first-order valence-electron chi connectivity index (χ1n) is 7.60. The number of hydrogen-bond donors (Lipinski definition) is 2. The average Bonchev–Trinajstić information content (AvgIpc) is 2.64. The molecule has 6 heteroatoms. The second kappa shape index (κ2) is 8.57. The fourth-order valence-corrected chi connectivity index (χ4v) is 2.00. The number of amides is 2. The summed E-state index contributed by atoms with van der Waals surface area (Å²) < 4.78 is 10.6. The number of methoxy groups -OCH3 is 1. The van der Waals surface area contributed by atoms with E-state index >= 15 is 0 Å². The highest BCUT2D eigenvalue weighted by molar-refractivity contribution is 5.95. The lowest BCUT2D eigenvalue weighted by Crippen LogP contribution is -2.47. The number of hydrazine groups is 1. The van der Waals surface area contributed by atoms with Gasteiger partial charge in [0, 0.05) is 5.56 Å². The summed E-state index contributed by atoms with van der Waals surface area (Å²) in [7, 11) is 1.55. The van der Waals surface area contributed by atoms with Gasteiger partial charge in [-0.3, -0.25) is 20.4 Å². The van der Waals surface area contributed by atoms with Gasteiger partial charge in [0.25, 0.3) is 11.8 Å². The molecule has 2 N–H and O–H groups in total. The molecule has 0 aromatic heterocycles. The van der Waals surface area contributed by atoms with E-state index in [2.05, 4.69) is 10.9 Å². The molecule has 0 heterocycles. The summed E-state index contributed by atoms with van der Waals surface area (Å²) in [6, 6.07) is 15.6. The van der Waals surface area contributed by atoms with Crippen molar-refractivity contribution in [1.82, 2.24) is 10.9 Å². The molecule has 6 nitrogen and oxygen atoms in total. The predicted octanol–water partition coefficient (Wildman–Crippen LogP) is 2.31. The molecule has 0 saturated carbocycles. The van der Waals surface area contributed by atoms with E-state index in [0.29, 0.717) is 23.5 Å². The maximum Gasteiger partial charge on any atom is 0.279 e. The van der Waals surface area contributed by atoms with Gasteiger partial charge in [-0.15, -0.1) is 0 Å². The molecule has 0 saturated heterocycles. The number of nitrogens with one attached hydrogen (secondary N) is 2. The molecule has 2 amide bonds. The number of rotatable bonds is 6. The van der Waals surface area contributed by atoms with E-state index in [9.17, 15) is 9.59 Å². The van der Waals surface area contributed by atoms with Gasteiger partial charge in [0.05, 0.1) is 7.11 Å². The van der Waals surface area contributed by atoms with Gasteiger partial charge in [-0.2, -0.15) is 0 Å². The summed E-state index contributed by atoms with van der Waals surface area (Å²) in [6.45, 7) is 1.83. The highest BCUT2D eigenvalue weighted by Crippen LogP contribution is 2.13. The average molecular weight is 328 g/mol. The Bertz CT molecular complexity index is 671. The summed E-state index contributed by atoms with van der Waals surface area (Å²) in [5.74, 6) is 0.419. The number of benzene rings is 2. The van der Waals surface area contributed by atoms with Crippen molar-refractivity contribution in [3.05, 3.63) is 60.2 Å². The Morgan fingerprint density at radius 1 is 0.958 bits per heavy atom. The van der Waals surface area contributed by atoms with Crippen molar-refractivity contribution in [2.75, 3.05) is 7.11 Å². The maximum atomic E-state index is 12.1. The zero-order valence-corrected chi connectivity index (χ0v) is 13.6. The minimum absolute atomic E-state index is 0.410. The van der Waals surface area contributed by atoms with Crippen molar-refractivity contribution < 1.29 is 19.1 Å². The predicted molar refractivity (Wildman–Crippen MR) is 89.8 cm³/mol. The summed E-state index contributed by atoms with van der Waals surface area (Å²) in [5, 5.41) is 0. The molecule has 126 valence electrons. The minimum atomic E-state index is -0.691. The standard InChI is InChI=1S/C18H20N2O4/c1-3-16(24-15-7-5-4-6-8-15)18(22)20-19-17(21)13-9-11-14(23-2)12-10-13/h4-12,16H,3H2,1-2H3,(H,19,21)(H,20,22). The molecule has 0 fully saturated rings. The molecule has 2 rings (SSSR count). The van der Waals surface area contributed by atoms with Crippen molar-refractivity contribution in [3.8, 4) is 11.5 Å². The third-order valence-corrected chi connectivity index (χ3v) is 3.34. The Morgan fingerprint density at radius 3 is 2.21 bits per heavy atom. The molecular formula is C18H20N2O4. The van der Waals surface area contributed by atoms with Crippen molar-refractivity contribution in [1.29, 1.82) is 0 Å². The summed E-state index contributed by atoms with van der Waals surface area (Å²) in [4.78, 5) is 24.2. The van der Waals surface area contributed by atoms with Gasteiger partial charge in [-0.05, 0) is 42.8 Å². The summed E-state index contributed by atoms with van der Waals surface area (Å²) in [5.41, 5.74) is 5.17. The minimum Gasteiger partial charge on any atom is -0.497 e. The van der Waals surface area contributed by atoms with Crippen LogP contribution < -0.4 is 20.3 Å². The van der Waals surface area contributed by atoms with Crippen LogP contribution in [-0.4, -0.2) is 25.0 Å². The van der Waals surface area contributed by atoms with Gasteiger partial charge in [0.15, 0.2) is 6.10 Å². The maximum absolute atomic E-state index is 12.1. The van der Waals surface area contributed by atoms with Gasteiger partial charge in [-0.25, -0.2) is 0 Å². The van der Waals surface area contributed by atoms with Crippen LogP contribution in [0.4, 0.5) is 0 Å². The quantitative estimate of drug-likeness (QED) is 0.798. The fourth-order valence-electron chi connectivity index (χ4n) is 2.00. The summed E-state index contributed by atoms with van der Waals surface area (Å²) in [6.07, 6.45) is -0.220. The Hall–Kier alpha value is -3.02. The van der Waals surface area contributed by atoms with E-state index in [1.807, 2.05) is 25.1 Å². The van der Waals surface area contributed by atoms with E-state index in [0.717, 1.165) is 0 Å². The fraction of sp³-hybridized carbons (Fsp3) is 0.222. The molecule has 2 aromatic rings. The molecule has 0 aliphatic rings. The van der Waals surface area contributed by atoms with E-state index < -0.39 is 17.9 Å². The van der Waals surface area contributed by atoms with Gasteiger partial charge >= 0.3 is 0 Å². The van der Waals surface area contributed by atoms with Crippen LogP contribution >= 0.6 is 0 Å². The van der Waals surface area contributed by atoms with Gasteiger partial charge in [-0.1, -0.05) is 25.1 Å². The first-order valence-corrected chi connectivity index (χ1v) is 7.60. The van der Waals surface area contributed by atoms with Crippen LogP contribution in [0.1, 0.15) is 23.7 Å². The van der Waals surface area contributed by atoms with Crippen LogP contribution in [-0.2, 0) is 4.79 Å². The molecule has 0 bridgehead atoms. The van der Waals surface area contributed by atoms with E-state index in [4.69, 9.17) is 9.47 Å². The molecule has 1 unspecified atom stereocenters. The van der Waals surface area contributed by atoms with Crippen molar-refractivity contribution in [3.63, 3.8) is 0 Å². The lowest BCUT2D eigenvalue weighted by atomic mass is 10.2. The molecular weight excluding hydrogens is 308 g/mol. The Balaban J connectivity index is 1.89. The highest BCUT2D eigenvalue weighted by atomic mass is 16.5. The van der Waals surface area contributed by atoms with Crippen LogP contribution in [0, 0.1) is 0 Å². The molecule has 1 atom stereocenters. The second-order valence-corrected chi connectivity index (χ2v) is 5.00. The van der Waals surface area contributed by atoms with Crippen molar-refractivity contribution in [2.24, 2.45) is 0 Å². The lowest BCUT2D eigenvalue weighted by Gasteiger charge is -2.17. The second-order valence-electron chi connectivity index (χ2n) is 5.00. The zero-order chi connectivity index (χ0) is 17.4. The number of ether oxygens (including phenoxy) is 2. The number of carbonyl (C=O) groups is 2.